The van der Waals surface area contributed by atoms with Gasteiger partial charge in [-0.05, 0) is 31.1 Å². The highest BCUT2D eigenvalue weighted by Gasteiger charge is 2.19. The number of rotatable bonds is 3. The molecule has 2 N–H and O–H groups in total. The second-order valence-corrected chi connectivity index (χ2v) is 4.64. The summed E-state index contributed by atoms with van der Waals surface area (Å²) in [7, 11) is 0. The third kappa shape index (κ3) is 4.37. The van der Waals surface area contributed by atoms with E-state index in [1.54, 1.807) is 0 Å². The van der Waals surface area contributed by atoms with Crippen molar-refractivity contribution in [3.05, 3.63) is 0 Å². The van der Waals surface area contributed by atoms with Crippen molar-refractivity contribution in [3.63, 3.8) is 0 Å². The Labute approximate surface area is 76.2 Å². The summed E-state index contributed by atoms with van der Waals surface area (Å²) in [5.74, 6) is 5.81. The first-order valence-electron chi connectivity index (χ1n) is 4.65. The number of hydrogen-bond acceptors (Lipinski definition) is 2. The topological polar surface area (TPSA) is 38.4 Å². The van der Waals surface area contributed by atoms with Crippen molar-refractivity contribution in [2.75, 3.05) is 0 Å². The summed E-state index contributed by atoms with van der Waals surface area (Å²) in [6.07, 6.45) is 2.29. The monoisotopic (exact) mass is 170 g/mol. The maximum atomic E-state index is 5.26. The van der Waals surface area contributed by atoms with Crippen LogP contribution < -0.4 is 5.84 Å². The van der Waals surface area contributed by atoms with Gasteiger partial charge in [0, 0.05) is 5.71 Å². The third-order valence-corrected chi connectivity index (χ3v) is 2.15. The van der Waals surface area contributed by atoms with Gasteiger partial charge in [-0.1, -0.05) is 27.7 Å². The molecule has 0 radical (unpaired) electrons. The van der Waals surface area contributed by atoms with E-state index in [-0.39, 0.29) is 0 Å². The first kappa shape index (κ1) is 11.5. The zero-order valence-electron chi connectivity index (χ0n) is 9.02. The fourth-order valence-electron chi connectivity index (χ4n) is 1.43. The van der Waals surface area contributed by atoms with Gasteiger partial charge in [0.1, 0.15) is 0 Å². The average Bonchev–Trinajstić information content (AvgIpc) is 1.97. The minimum Gasteiger partial charge on any atom is -0.323 e. The molecule has 0 aromatic heterocycles. The Morgan fingerprint density at radius 3 is 2.17 bits per heavy atom. The predicted molar refractivity (Wildman–Crippen MR) is 55.1 cm³/mol. The Bertz CT molecular complexity index is 154. The molecule has 2 heteroatoms. The summed E-state index contributed by atoms with van der Waals surface area (Å²) in [6.45, 7) is 10.9. The van der Waals surface area contributed by atoms with Gasteiger partial charge in [-0.15, -0.1) is 0 Å². The first-order chi connectivity index (χ1) is 5.40. The van der Waals surface area contributed by atoms with Crippen LogP contribution in [0.4, 0.5) is 0 Å². The van der Waals surface area contributed by atoms with Gasteiger partial charge in [0.05, 0.1) is 0 Å². The first-order valence-corrected chi connectivity index (χ1v) is 4.65. The van der Waals surface area contributed by atoms with Crippen LogP contribution in [0, 0.1) is 11.3 Å². The van der Waals surface area contributed by atoms with Gasteiger partial charge < -0.3 is 5.84 Å². The fraction of sp³-hybridized carbons (Fsp3) is 0.900. The molecular formula is C10H22N2. The highest BCUT2D eigenvalue weighted by atomic mass is 15.1. The van der Waals surface area contributed by atoms with E-state index in [0.29, 0.717) is 11.3 Å². The minimum atomic E-state index is 0.368. The van der Waals surface area contributed by atoms with Crippen molar-refractivity contribution in [1.29, 1.82) is 0 Å². The standard InChI is InChI=1S/C10H22N2/c1-6-9(8(2)12-11)7-10(3,4)5/h9H,6-7,11H2,1-5H3. The summed E-state index contributed by atoms with van der Waals surface area (Å²) in [5, 5.41) is 3.76. The zero-order chi connectivity index (χ0) is 9.78. The summed E-state index contributed by atoms with van der Waals surface area (Å²) in [5.41, 5.74) is 1.44. The van der Waals surface area contributed by atoms with E-state index in [0.717, 1.165) is 18.6 Å². The fourth-order valence-corrected chi connectivity index (χ4v) is 1.43. The molecule has 0 bridgehead atoms. The van der Waals surface area contributed by atoms with Gasteiger partial charge in [-0.25, -0.2) is 0 Å². The van der Waals surface area contributed by atoms with Gasteiger partial charge in [-0.2, -0.15) is 5.10 Å². The molecule has 0 spiro atoms. The number of hydrazone groups is 1. The molecule has 0 aromatic carbocycles. The van der Waals surface area contributed by atoms with E-state index in [2.05, 4.69) is 32.8 Å². The third-order valence-electron chi connectivity index (χ3n) is 2.15. The van der Waals surface area contributed by atoms with Crippen molar-refractivity contribution >= 4 is 5.71 Å². The molecule has 0 aromatic rings. The Morgan fingerprint density at radius 1 is 1.42 bits per heavy atom. The Balaban J connectivity index is 4.19. The summed E-state index contributed by atoms with van der Waals surface area (Å²) < 4.78 is 0. The second-order valence-electron chi connectivity index (χ2n) is 4.64. The van der Waals surface area contributed by atoms with Gasteiger partial charge in [0.2, 0.25) is 0 Å². The maximum Gasteiger partial charge on any atom is 0.0376 e. The predicted octanol–water partition coefficient (Wildman–Crippen LogP) is 2.78. The molecule has 0 aliphatic rings. The van der Waals surface area contributed by atoms with Crippen LogP contribution in [-0.4, -0.2) is 5.71 Å². The molecule has 0 aliphatic heterocycles. The van der Waals surface area contributed by atoms with Crippen molar-refractivity contribution in [3.8, 4) is 0 Å². The Morgan fingerprint density at radius 2 is 1.92 bits per heavy atom. The summed E-state index contributed by atoms with van der Waals surface area (Å²) in [4.78, 5) is 0. The molecule has 0 heterocycles. The van der Waals surface area contributed by atoms with Crippen LogP contribution in [0.5, 0.6) is 0 Å². The molecule has 0 amide bonds. The Hall–Kier alpha value is -0.530. The molecule has 0 rings (SSSR count). The average molecular weight is 170 g/mol. The Kier molecular flexibility index (Phi) is 4.29. The van der Waals surface area contributed by atoms with E-state index in [1.165, 1.54) is 0 Å². The van der Waals surface area contributed by atoms with Crippen LogP contribution in [0.2, 0.25) is 0 Å². The van der Waals surface area contributed by atoms with Crippen molar-refractivity contribution in [1.82, 2.24) is 0 Å². The molecule has 0 saturated carbocycles. The number of nitrogens with two attached hydrogens (primary N) is 1. The van der Waals surface area contributed by atoms with Gasteiger partial charge in [0.15, 0.2) is 0 Å². The number of hydrogen-bond donors (Lipinski definition) is 1. The van der Waals surface area contributed by atoms with Crippen LogP contribution in [0.3, 0.4) is 0 Å². The molecule has 0 fully saturated rings. The van der Waals surface area contributed by atoms with E-state index in [9.17, 15) is 0 Å². The largest absolute Gasteiger partial charge is 0.323 e. The molecular weight excluding hydrogens is 148 g/mol. The summed E-state index contributed by atoms with van der Waals surface area (Å²) >= 11 is 0. The number of nitrogens with zero attached hydrogens (tertiary/aromatic N) is 1. The molecule has 2 nitrogen and oxygen atoms in total. The van der Waals surface area contributed by atoms with Crippen molar-refractivity contribution in [2.24, 2.45) is 22.3 Å². The lowest BCUT2D eigenvalue weighted by Gasteiger charge is -2.24. The highest BCUT2D eigenvalue weighted by Crippen LogP contribution is 2.26. The zero-order valence-corrected chi connectivity index (χ0v) is 9.02. The minimum absolute atomic E-state index is 0.368. The van der Waals surface area contributed by atoms with Gasteiger partial charge in [0.25, 0.3) is 0 Å². The van der Waals surface area contributed by atoms with E-state index in [4.69, 9.17) is 5.84 Å². The van der Waals surface area contributed by atoms with Crippen LogP contribution in [0.1, 0.15) is 47.5 Å². The molecule has 1 atom stereocenters. The molecule has 72 valence electrons. The SMILES string of the molecule is CCC(CC(C)(C)C)C(C)=NN. The van der Waals surface area contributed by atoms with E-state index in [1.807, 2.05) is 6.92 Å². The van der Waals surface area contributed by atoms with Crippen LogP contribution in [0.25, 0.3) is 0 Å². The molecule has 0 saturated heterocycles. The van der Waals surface area contributed by atoms with Crippen LogP contribution in [-0.2, 0) is 0 Å². The molecule has 12 heavy (non-hydrogen) atoms. The van der Waals surface area contributed by atoms with Gasteiger partial charge in [-0.3, -0.25) is 0 Å². The molecule has 1 unspecified atom stereocenters. The lowest BCUT2D eigenvalue weighted by molar-refractivity contribution is 0.331. The van der Waals surface area contributed by atoms with Crippen molar-refractivity contribution in [2.45, 2.75) is 47.5 Å². The van der Waals surface area contributed by atoms with Crippen molar-refractivity contribution < 1.29 is 0 Å². The van der Waals surface area contributed by atoms with E-state index < -0.39 is 0 Å². The van der Waals surface area contributed by atoms with E-state index >= 15 is 0 Å². The quantitative estimate of drug-likeness (QED) is 0.395. The smallest absolute Gasteiger partial charge is 0.0376 e. The second kappa shape index (κ2) is 4.48. The lowest BCUT2D eigenvalue weighted by atomic mass is 9.82. The summed E-state index contributed by atoms with van der Waals surface area (Å²) in [6, 6.07) is 0. The maximum absolute atomic E-state index is 5.26. The van der Waals surface area contributed by atoms with Gasteiger partial charge >= 0.3 is 0 Å². The van der Waals surface area contributed by atoms with Crippen LogP contribution in [0.15, 0.2) is 5.10 Å². The lowest BCUT2D eigenvalue weighted by Crippen LogP contribution is -2.19. The molecule has 0 aliphatic carbocycles. The highest BCUT2D eigenvalue weighted by molar-refractivity contribution is 5.84. The normalized spacial score (nSPS) is 16.2. The van der Waals surface area contributed by atoms with Crippen LogP contribution >= 0.6 is 0 Å².